The van der Waals surface area contributed by atoms with Gasteiger partial charge in [0, 0.05) is 24.7 Å². The quantitative estimate of drug-likeness (QED) is 0.723. The maximum atomic E-state index is 11.9. The van der Waals surface area contributed by atoms with Crippen LogP contribution >= 0.6 is 12.2 Å². The molecular formula is C17H17N3O2S. The van der Waals surface area contributed by atoms with Gasteiger partial charge in [0.2, 0.25) is 0 Å². The largest absolute Gasteiger partial charge is 0.496 e. The molecule has 3 N–H and O–H groups in total. The molecule has 0 aliphatic rings. The van der Waals surface area contributed by atoms with Crippen molar-refractivity contribution < 1.29 is 4.74 Å². The van der Waals surface area contributed by atoms with E-state index < -0.39 is 0 Å². The molecule has 0 spiro atoms. The van der Waals surface area contributed by atoms with Crippen molar-refractivity contribution in [3.05, 3.63) is 57.6 Å². The van der Waals surface area contributed by atoms with Gasteiger partial charge in [-0.25, -0.2) is 0 Å². The Morgan fingerprint density at radius 1 is 1.22 bits per heavy atom. The highest BCUT2D eigenvalue weighted by atomic mass is 32.1. The Balaban J connectivity index is 2.35. The zero-order valence-electron chi connectivity index (χ0n) is 12.7. The van der Waals surface area contributed by atoms with Gasteiger partial charge in [-0.15, -0.1) is 0 Å². The summed E-state index contributed by atoms with van der Waals surface area (Å²) in [5.41, 5.74) is 6.96. The second-order valence-electron chi connectivity index (χ2n) is 5.16. The van der Waals surface area contributed by atoms with Crippen molar-refractivity contribution in [2.75, 3.05) is 13.7 Å². The van der Waals surface area contributed by atoms with Gasteiger partial charge in [-0.3, -0.25) is 9.78 Å². The van der Waals surface area contributed by atoms with E-state index >= 15 is 0 Å². The second kappa shape index (κ2) is 6.36. The van der Waals surface area contributed by atoms with Crippen LogP contribution in [-0.2, 0) is 6.54 Å². The maximum Gasteiger partial charge on any atom is 0.252 e. The fraction of sp³-hybridized carbons (Fsp3) is 0.176. The predicted molar refractivity (Wildman–Crippen MR) is 94.4 cm³/mol. The van der Waals surface area contributed by atoms with E-state index in [2.05, 4.69) is 4.98 Å². The second-order valence-corrected chi connectivity index (χ2v) is 5.55. The Labute approximate surface area is 138 Å². The number of H-pyrrole nitrogens is 1. The van der Waals surface area contributed by atoms with Crippen molar-refractivity contribution in [1.82, 2.24) is 9.55 Å². The molecule has 0 unspecified atom stereocenters. The van der Waals surface area contributed by atoms with Crippen LogP contribution in [0.25, 0.3) is 22.0 Å². The molecule has 0 fully saturated rings. The van der Waals surface area contributed by atoms with Gasteiger partial charge >= 0.3 is 0 Å². The molecular weight excluding hydrogens is 310 g/mol. The first-order valence-electron chi connectivity index (χ1n) is 7.25. The van der Waals surface area contributed by atoms with Gasteiger partial charge in [-0.05, 0) is 35.1 Å². The van der Waals surface area contributed by atoms with Crippen LogP contribution in [0.3, 0.4) is 0 Å². The summed E-state index contributed by atoms with van der Waals surface area (Å²) >= 11 is 5.28. The van der Waals surface area contributed by atoms with Crippen LogP contribution in [0, 0.1) is 4.77 Å². The van der Waals surface area contributed by atoms with Crippen molar-refractivity contribution in [3.8, 4) is 17.0 Å². The number of aromatic amines is 1. The summed E-state index contributed by atoms with van der Waals surface area (Å²) in [5.74, 6) is 0.689. The van der Waals surface area contributed by atoms with Gasteiger partial charge < -0.3 is 15.0 Å². The lowest BCUT2D eigenvalue weighted by Crippen LogP contribution is -2.19. The summed E-state index contributed by atoms with van der Waals surface area (Å²) in [4.78, 5) is 14.5. The molecule has 6 heteroatoms. The van der Waals surface area contributed by atoms with E-state index in [9.17, 15) is 4.79 Å². The minimum absolute atomic E-state index is 0.242. The molecule has 23 heavy (non-hydrogen) atoms. The van der Waals surface area contributed by atoms with Crippen LogP contribution in [0.5, 0.6) is 5.75 Å². The topological polar surface area (TPSA) is 73.0 Å². The van der Waals surface area contributed by atoms with Crippen molar-refractivity contribution in [3.63, 3.8) is 0 Å². The number of rotatable bonds is 4. The smallest absolute Gasteiger partial charge is 0.252 e. The fourth-order valence-electron chi connectivity index (χ4n) is 2.68. The highest BCUT2D eigenvalue weighted by Gasteiger charge is 2.13. The van der Waals surface area contributed by atoms with Crippen LogP contribution in [0.1, 0.15) is 0 Å². The van der Waals surface area contributed by atoms with E-state index in [0.717, 1.165) is 16.3 Å². The molecule has 0 saturated heterocycles. The highest BCUT2D eigenvalue weighted by Crippen LogP contribution is 2.33. The molecule has 118 valence electrons. The number of nitrogens with two attached hydrogens (primary N) is 1. The normalized spacial score (nSPS) is 10.9. The number of nitrogens with zero attached hydrogens (tertiary/aromatic N) is 1. The van der Waals surface area contributed by atoms with Crippen LogP contribution in [-0.4, -0.2) is 23.2 Å². The molecule has 0 atom stereocenters. The van der Waals surface area contributed by atoms with Gasteiger partial charge in [0.15, 0.2) is 4.77 Å². The number of methoxy groups -OCH3 is 1. The summed E-state index contributed by atoms with van der Waals surface area (Å²) in [6.07, 6.45) is 0. The number of hydrogen-bond acceptors (Lipinski definition) is 4. The predicted octanol–water partition coefficient (Wildman–Crippen LogP) is 2.69. The van der Waals surface area contributed by atoms with Gasteiger partial charge in [-0.2, -0.15) is 0 Å². The molecule has 3 rings (SSSR count). The third kappa shape index (κ3) is 2.91. The van der Waals surface area contributed by atoms with Crippen molar-refractivity contribution in [2.45, 2.75) is 6.54 Å². The lowest BCUT2D eigenvalue weighted by molar-refractivity contribution is 0.416. The Kier molecular flexibility index (Phi) is 4.27. The third-order valence-electron chi connectivity index (χ3n) is 3.73. The minimum Gasteiger partial charge on any atom is -0.496 e. The Morgan fingerprint density at radius 3 is 2.57 bits per heavy atom. The fourth-order valence-corrected chi connectivity index (χ4v) is 2.97. The average molecular weight is 327 g/mol. The first kappa shape index (κ1) is 15.5. The van der Waals surface area contributed by atoms with Gasteiger partial charge in [0.25, 0.3) is 5.56 Å². The first-order valence-corrected chi connectivity index (χ1v) is 7.66. The average Bonchev–Trinajstić information content (AvgIpc) is 2.56. The number of fused-ring (bicyclic) bond motifs is 1. The highest BCUT2D eigenvalue weighted by molar-refractivity contribution is 7.71. The van der Waals surface area contributed by atoms with Gasteiger partial charge in [0.05, 0.1) is 12.8 Å². The number of hydrogen-bond donors (Lipinski definition) is 2. The van der Waals surface area contributed by atoms with E-state index in [1.807, 2.05) is 41.0 Å². The number of nitrogens with one attached hydrogen (secondary N) is 1. The lowest BCUT2D eigenvalue weighted by Gasteiger charge is -2.16. The zero-order valence-corrected chi connectivity index (χ0v) is 13.5. The molecule has 0 saturated carbocycles. The van der Waals surface area contributed by atoms with Gasteiger partial charge in [-0.1, -0.05) is 24.3 Å². The zero-order chi connectivity index (χ0) is 16.4. The molecule has 0 aliphatic heterocycles. The van der Waals surface area contributed by atoms with Crippen LogP contribution in [0.4, 0.5) is 0 Å². The van der Waals surface area contributed by atoms with Crippen LogP contribution in [0.2, 0.25) is 0 Å². The molecule has 1 heterocycles. The van der Waals surface area contributed by atoms with E-state index in [0.29, 0.717) is 29.3 Å². The van der Waals surface area contributed by atoms with Crippen molar-refractivity contribution in [1.29, 1.82) is 0 Å². The summed E-state index contributed by atoms with van der Waals surface area (Å²) in [6.45, 7) is 0.935. The Bertz CT molecular complexity index is 975. The third-order valence-corrected chi connectivity index (χ3v) is 4.05. The van der Waals surface area contributed by atoms with Crippen LogP contribution < -0.4 is 16.0 Å². The van der Waals surface area contributed by atoms with E-state index in [1.54, 1.807) is 7.11 Å². The van der Waals surface area contributed by atoms with Crippen molar-refractivity contribution >= 4 is 23.0 Å². The molecule has 0 radical (unpaired) electrons. The lowest BCUT2D eigenvalue weighted by atomic mass is 10.0. The van der Waals surface area contributed by atoms with E-state index in [-0.39, 0.29) is 5.56 Å². The molecule has 1 aromatic heterocycles. The Morgan fingerprint density at radius 2 is 1.91 bits per heavy atom. The molecule has 3 aromatic rings. The van der Waals surface area contributed by atoms with E-state index in [1.165, 1.54) is 6.07 Å². The van der Waals surface area contributed by atoms with Gasteiger partial charge in [0.1, 0.15) is 5.75 Å². The molecule has 0 amide bonds. The monoisotopic (exact) mass is 327 g/mol. The first-order chi connectivity index (χ1) is 11.1. The summed E-state index contributed by atoms with van der Waals surface area (Å²) < 4.78 is 7.71. The summed E-state index contributed by atoms with van der Waals surface area (Å²) in [6, 6.07) is 13.5. The standard InChI is InChI=1S/C17H17N3O2S/c1-22-15-9-12-5-3-2-4-11(12)8-13(15)14-10-16(21)19-17(23)20(14)7-6-18/h2-5,8-10H,6-7,18H2,1H3,(H,19,21,23). The number of aromatic nitrogens is 2. The molecule has 2 aromatic carbocycles. The summed E-state index contributed by atoms with van der Waals surface area (Å²) in [7, 11) is 1.61. The SMILES string of the molecule is COc1cc2ccccc2cc1-c1cc(=O)[nH]c(=S)n1CCN. The molecule has 0 aliphatic carbocycles. The van der Waals surface area contributed by atoms with Crippen LogP contribution in [0.15, 0.2) is 47.3 Å². The number of benzene rings is 2. The minimum atomic E-state index is -0.242. The number of ether oxygens (including phenoxy) is 1. The molecule has 5 nitrogen and oxygen atoms in total. The molecule has 0 bridgehead atoms. The summed E-state index contributed by atoms with van der Waals surface area (Å²) in [5, 5.41) is 2.13. The van der Waals surface area contributed by atoms with E-state index in [4.69, 9.17) is 22.7 Å². The maximum absolute atomic E-state index is 11.9. The Hall–Kier alpha value is -2.44. The van der Waals surface area contributed by atoms with Crippen molar-refractivity contribution in [2.24, 2.45) is 5.73 Å².